The maximum Gasteiger partial charge on any atom is 0.145 e. The number of rotatable bonds is 1. The van der Waals surface area contributed by atoms with Crippen molar-refractivity contribution in [1.29, 1.82) is 0 Å². The molecule has 0 saturated carbocycles. The molecule has 126 valence electrons. The van der Waals surface area contributed by atoms with Gasteiger partial charge in [0.15, 0.2) is 0 Å². The van der Waals surface area contributed by atoms with E-state index >= 15 is 0 Å². The Bertz CT molecular complexity index is 1040. The number of benzene rings is 2. The zero-order chi connectivity index (χ0) is 17.2. The predicted molar refractivity (Wildman–Crippen MR) is 96.3 cm³/mol. The van der Waals surface area contributed by atoms with Crippen molar-refractivity contribution in [1.82, 2.24) is 0 Å². The van der Waals surface area contributed by atoms with Gasteiger partial charge in [-0.2, -0.15) is 0 Å². The van der Waals surface area contributed by atoms with Crippen LogP contribution in [-0.4, -0.2) is 12.7 Å². The number of ether oxygens (including phenoxy) is 3. The van der Waals surface area contributed by atoms with E-state index in [0.29, 0.717) is 6.61 Å². The zero-order valence-corrected chi connectivity index (χ0v) is 14.4. The summed E-state index contributed by atoms with van der Waals surface area (Å²) < 4.78 is 23.5. The van der Waals surface area contributed by atoms with Gasteiger partial charge in [-0.15, -0.1) is 0 Å². The molecule has 0 saturated heterocycles. The Labute approximate surface area is 145 Å². The third-order valence-electron chi connectivity index (χ3n) is 4.77. The highest BCUT2D eigenvalue weighted by atomic mass is 16.5. The van der Waals surface area contributed by atoms with Gasteiger partial charge < -0.3 is 18.6 Å². The normalized spacial score (nSPS) is 16.4. The van der Waals surface area contributed by atoms with E-state index in [9.17, 15) is 0 Å². The molecule has 2 aliphatic heterocycles. The summed E-state index contributed by atoms with van der Waals surface area (Å²) in [5.74, 6) is 3.27. The average molecular weight is 334 g/mol. The molecule has 3 aromatic rings. The van der Waals surface area contributed by atoms with Gasteiger partial charge in [0, 0.05) is 28.6 Å². The maximum atomic E-state index is 6.20. The monoisotopic (exact) mass is 334 g/mol. The summed E-state index contributed by atoms with van der Waals surface area (Å²) >= 11 is 0. The van der Waals surface area contributed by atoms with E-state index in [2.05, 4.69) is 18.2 Å². The van der Waals surface area contributed by atoms with Crippen molar-refractivity contribution in [2.24, 2.45) is 0 Å². The van der Waals surface area contributed by atoms with Gasteiger partial charge in [-0.05, 0) is 38.1 Å². The molecule has 0 bridgehead atoms. The van der Waals surface area contributed by atoms with Crippen molar-refractivity contribution in [3.05, 3.63) is 47.5 Å². The minimum atomic E-state index is -0.306. The molecule has 4 nitrogen and oxygen atoms in total. The Balaban J connectivity index is 1.70. The highest BCUT2D eigenvalue weighted by Crippen LogP contribution is 2.45. The van der Waals surface area contributed by atoms with E-state index in [4.69, 9.17) is 18.6 Å². The lowest BCUT2D eigenvalue weighted by molar-refractivity contribution is 0.159. The summed E-state index contributed by atoms with van der Waals surface area (Å²) in [5.41, 5.74) is 3.61. The molecule has 0 atom stereocenters. The summed E-state index contributed by atoms with van der Waals surface area (Å²) in [7, 11) is 1.65. The van der Waals surface area contributed by atoms with Gasteiger partial charge in [-0.1, -0.05) is 6.08 Å². The first-order valence-electron chi connectivity index (χ1n) is 8.33. The van der Waals surface area contributed by atoms with E-state index in [1.807, 2.05) is 38.1 Å². The van der Waals surface area contributed by atoms with E-state index in [1.165, 1.54) is 0 Å². The molecule has 0 fully saturated rings. The molecule has 0 spiro atoms. The van der Waals surface area contributed by atoms with Gasteiger partial charge in [0.2, 0.25) is 0 Å². The van der Waals surface area contributed by atoms with Crippen LogP contribution in [0.25, 0.3) is 28.4 Å². The van der Waals surface area contributed by atoms with Crippen molar-refractivity contribution >= 4 is 17.0 Å². The second-order valence-corrected chi connectivity index (χ2v) is 6.99. The van der Waals surface area contributed by atoms with Crippen molar-refractivity contribution in [3.8, 4) is 28.6 Å². The third kappa shape index (κ3) is 2.14. The van der Waals surface area contributed by atoms with Crippen LogP contribution in [0.5, 0.6) is 17.2 Å². The van der Waals surface area contributed by atoms with E-state index in [-0.39, 0.29) is 5.60 Å². The molecule has 3 heterocycles. The van der Waals surface area contributed by atoms with E-state index < -0.39 is 0 Å². The molecular weight excluding hydrogens is 316 g/mol. The van der Waals surface area contributed by atoms with Gasteiger partial charge in [-0.3, -0.25) is 0 Å². The Morgan fingerprint density at radius 1 is 1.08 bits per heavy atom. The standard InChI is InChI=1S/C21H18O4/c1-21(2)7-6-12-8-15-16-11-23-18-9-13(22-3)4-5-14(18)20(16)24-19(15)10-17(12)25-21/h4-10H,11H2,1-3H3. The fourth-order valence-corrected chi connectivity index (χ4v) is 3.47. The second kappa shape index (κ2) is 4.82. The molecule has 0 radical (unpaired) electrons. The topological polar surface area (TPSA) is 40.8 Å². The number of methoxy groups -OCH3 is 1. The lowest BCUT2D eigenvalue weighted by atomic mass is 9.98. The first-order valence-corrected chi connectivity index (χ1v) is 8.33. The van der Waals surface area contributed by atoms with Crippen LogP contribution in [0.1, 0.15) is 25.0 Å². The molecule has 0 N–H and O–H groups in total. The minimum Gasteiger partial charge on any atom is -0.497 e. The summed E-state index contributed by atoms with van der Waals surface area (Å²) in [6, 6.07) is 9.90. The van der Waals surface area contributed by atoms with Gasteiger partial charge >= 0.3 is 0 Å². The SMILES string of the molecule is COc1ccc2c(c1)OCc1c-2oc2cc3c(cc12)C=CC(C)(C)O3. The van der Waals surface area contributed by atoms with Crippen LogP contribution in [0.3, 0.4) is 0 Å². The fourth-order valence-electron chi connectivity index (χ4n) is 3.47. The zero-order valence-electron chi connectivity index (χ0n) is 14.4. The van der Waals surface area contributed by atoms with Crippen LogP contribution in [0.4, 0.5) is 0 Å². The minimum absolute atomic E-state index is 0.306. The first kappa shape index (κ1) is 14.5. The molecular formula is C21H18O4. The Hall–Kier alpha value is -2.88. The molecule has 2 aromatic carbocycles. The predicted octanol–water partition coefficient (Wildman–Crippen LogP) is 5.19. The van der Waals surface area contributed by atoms with Gasteiger partial charge in [0.1, 0.15) is 40.8 Å². The van der Waals surface area contributed by atoms with Crippen molar-refractivity contribution in [3.63, 3.8) is 0 Å². The third-order valence-corrected chi connectivity index (χ3v) is 4.77. The smallest absolute Gasteiger partial charge is 0.145 e. The summed E-state index contributed by atoms with van der Waals surface area (Å²) in [6.45, 7) is 4.57. The highest BCUT2D eigenvalue weighted by molar-refractivity contribution is 5.93. The molecule has 25 heavy (non-hydrogen) atoms. The Kier molecular flexibility index (Phi) is 2.79. The van der Waals surface area contributed by atoms with Crippen LogP contribution in [0, 0.1) is 0 Å². The van der Waals surface area contributed by atoms with Gasteiger partial charge in [0.25, 0.3) is 0 Å². The van der Waals surface area contributed by atoms with Gasteiger partial charge in [0.05, 0.1) is 12.7 Å². The quantitative estimate of drug-likeness (QED) is 0.614. The lowest BCUT2D eigenvalue weighted by Crippen LogP contribution is -2.27. The molecule has 0 aliphatic carbocycles. The van der Waals surface area contributed by atoms with Crippen LogP contribution in [0.2, 0.25) is 0 Å². The first-order chi connectivity index (χ1) is 12.0. The van der Waals surface area contributed by atoms with Crippen LogP contribution < -0.4 is 14.2 Å². The van der Waals surface area contributed by atoms with Crippen molar-refractivity contribution in [2.75, 3.05) is 7.11 Å². The second-order valence-electron chi connectivity index (χ2n) is 6.99. The fraction of sp³-hybridized carbons (Fsp3) is 0.238. The molecule has 4 heteroatoms. The maximum absolute atomic E-state index is 6.20. The lowest BCUT2D eigenvalue weighted by Gasteiger charge is -2.27. The Morgan fingerprint density at radius 3 is 2.80 bits per heavy atom. The molecule has 0 unspecified atom stereocenters. The number of hydrogen-bond donors (Lipinski definition) is 0. The Morgan fingerprint density at radius 2 is 1.96 bits per heavy atom. The summed E-state index contributed by atoms with van der Waals surface area (Å²) in [5, 5.41) is 1.07. The molecule has 5 rings (SSSR count). The van der Waals surface area contributed by atoms with E-state index in [1.54, 1.807) is 7.11 Å². The summed E-state index contributed by atoms with van der Waals surface area (Å²) in [4.78, 5) is 0. The largest absolute Gasteiger partial charge is 0.497 e. The van der Waals surface area contributed by atoms with Crippen LogP contribution in [0.15, 0.2) is 40.8 Å². The molecule has 2 aliphatic rings. The molecule has 0 amide bonds. The number of fused-ring (bicyclic) bond motifs is 6. The number of hydrogen-bond acceptors (Lipinski definition) is 4. The number of furan rings is 1. The van der Waals surface area contributed by atoms with E-state index in [0.717, 1.165) is 50.7 Å². The van der Waals surface area contributed by atoms with Crippen LogP contribution in [-0.2, 0) is 6.61 Å². The van der Waals surface area contributed by atoms with Gasteiger partial charge in [-0.25, -0.2) is 0 Å². The van der Waals surface area contributed by atoms with Crippen LogP contribution >= 0.6 is 0 Å². The average Bonchev–Trinajstić information content (AvgIpc) is 2.96. The van der Waals surface area contributed by atoms with Crippen molar-refractivity contribution < 1.29 is 18.6 Å². The summed E-state index contributed by atoms with van der Waals surface area (Å²) in [6.07, 6.45) is 4.19. The van der Waals surface area contributed by atoms with Crippen molar-refractivity contribution in [2.45, 2.75) is 26.1 Å². The molecule has 1 aromatic heterocycles. The highest BCUT2D eigenvalue weighted by Gasteiger charge is 2.27.